The van der Waals surface area contributed by atoms with E-state index in [1.807, 2.05) is 0 Å². The van der Waals surface area contributed by atoms with Crippen LogP contribution in [-0.4, -0.2) is 12.6 Å². The smallest absolute Gasteiger partial charge is 0.171 e. The molecule has 0 saturated carbocycles. The van der Waals surface area contributed by atoms with E-state index in [2.05, 4.69) is 88.6 Å². The van der Waals surface area contributed by atoms with Gasteiger partial charge in [-0.3, -0.25) is 0 Å². The van der Waals surface area contributed by atoms with E-state index in [9.17, 15) is 0 Å². The molecule has 2 aromatic carbocycles. The largest absolute Gasteiger partial charge is 0.354 e. The first kappa shape index (κ1) is 19.5. The molecule has 0 bridgehead atoms. The molecule has 2 rings (SSSR count). The van der Waals surface area contributed by atoms with Crippen LogP contribution in [0.5, 0.6) is 0 Å². The molecule has 0 spiro atoms. The van der Waals surface area contributed by atoms with Crippen molar-refractivity contribution in [3.8, 4) is 0 Å². The lowest BCUT2D eigenvalue weighted by Gasteiger charge is -2.51. The van der Waals surface area contributed by atoms with Crippen molar-refractivity contribution in [2.75, 3.05) is 4.57 Å². The normalized spacial score (nSPS) is 12.4. The molecule has 0 unspecified atom stereocenters. The van der Waals surface area contributed by atoms with Gasteiger partial charge >= 0.3 is 0 Å². The van der Waals surface area contributed by atoms with Gasteiger partial charge in [-0.1, -0.05) is 90.2 Å². The van der Waals surface area contributed by atoms with E-state index in [1.165, 1.54) is 16.5 Å². The minimum Gasteiger partial charge on any atom is -0.354 e. The van der Waals surface area contributed by atoms with Crippen LogP contribution in [0.2, 0.25) is 16.6 Å². The van der Waals surface area contributed by atoms with Crippen molar-refractivity contribution in [3.63, 3.8) is 0 Å². The molecule has 0 amide bonds. The van der Waals surface area contributed by atoms with Gasteiger partial charge in [0.15, 0.2) is 8.24 Å². The standard InChI is InChI=1S/C20H29NS2Si/c1-14(2)24(15(3)4,16(5)6)21(20(22)23)19-13-9-11-17-10-7-8-12-18(17)19/h7-16H,1-6H3,(H,22,23). The molecule has 0 aliphatic heterocycles. The predicted molar refractivity (Wildman–Crippen MR) is 119 cm³/mol. The molecule has 4 heteroatoms. The van der Waals surface area contributed by atoms with Gasteiger partial charge in [-0.05, 0) is 28.1 Å². The molecule has 0 aromatic heterocycles. The summed E-state index contributed by atoms with van der Waals surface area (Å²) in [5.74, 6) is 0. The first-order valence-electron chi connectivity index (χ1n) is 8.75. The quantitative estimate of drug-likeness (QED) is 0.339. The molecule has 0 heterocycles. The van der Waals surface area contributed by atoms with E-state index in [1.54, 1.807) is 0 Å². The second-order valence-electron chi connectivity index (χ2n) is 7.47. The van der Waals surface area contributed by atoms with E-state index in [-0.39, 0.29) is 0 Å². The molecule has 0 aliphatic carbocycles. The molecule has 0 N–H and O–H groups in total. The third-order valence-corrected chi connectivity index (χ3v) is 12.9. The highest BCUT2D eigenvalue weighted by Crippen LogP contribution is 2.47. The highest BCUT2D eigenvalue weighted by Gasteiger charge is 2.50. The van der Waals surface area contributed by atoms with Gasteiger partial charge in [0, 0.05) is 11.1 Å². The monoisotopic (exact) mass is 375 g/mol. The summed E-state index contributed by atoms with van der Waals surface area (Å²) in [7, 11) is -1.96. The van der Waals surface area contributed by atoms with Gasteiger partial charge in [-0.15, -0.1) is 12.6 Å². The summed E-state index contributed by atoms with van der Waals surface area (Å²) in [6.07, 6.45) is 0. The Balaban J connectivity index is 2.82. The number of hydrogen-bond acceptors (Lipinski definition) is 1. The summed E-state index contributed by atoms with van der Waals surface area (Å²) in [4.78, 5) is 0. The zero-order valence-electron chi connectivity index (χ0n) is 15.6. The third kappa shape index (κ3) is 3.16. The van der Waals surface area contributed by atoms with Crippen molar-refractivity contribution in [2.24, 2.45) is 0 Å². The Hall–Kier alpha value is -0.843. The van der Waals surface area contributed by atoms with Crippen LogP contribution in [0, 0.1) is 0 Å². The van der Waals surface area contributed by atoms with Crippen molar-refractivity contribution < 1.29 is 0 Å². The Morgan fingerprint density at radius 1 is 0.875 bits per heavy atom. The molecule has 0 radical (unpaired) electrons. The fourth-order valence-electron chi connectivity index (χ4n) is 4.66. The second-order valence-corrected chi connectivity index (χ2v) is 14.3. The fraction of sp³-hybridized carbons (Fsp3) is 0.450. The van der Waals surface area contributed by atoms with Crippen molar-refractivity contribution in [3.05, 3.63) is 42.5 Å². The number of anilines is 1. The van der Waals surface area contributed by atoms with E-state index in [0.29, 0.717) is 20.9 Å². The lowest BCUT2D eigenvalue weighted by molar-refractivity contribution is 0.807. The maximum absolute atomic E-state index is 5.69. The van der Waals surface area contributed by atoms with E-state index < -0.39 is 8.24 Å². The second kappa shape index (κ2) is 7.59. The van der Waals surface area contributed by atoms with Crippen LogP contribution in [0.1, 0.15) is 41.5 Å². The van der Waals surface area contributed by atoms with Gasteiger partial charge in [-0.25, -0.2) is 0 Å². The average molecular weight is 376 g/mol. The Morgan fingerprint density at radius 3 is 1.88 bits per heavy atom. The predicted octanol–water partition coefficient (Wildman–Crippen LogP) is 7.04. The van der Waals surface area contributed by atoms with Crippen molar-refractivity contribution in [1.29, 1.82) is 0 Å². The van der Waals surface area contributed by atoms with Gasteiger partial charge in [0.1, 0.15) is 4.32 Å². The number of fused-ring (bicyclic) bond motifs is 1. The lowest BCUT2D eigenvalue weighted by atomic mass is 10.1. The van der Waals surface area contributed by atoms with Crippen molar-refractivity contribution in [1.82, 2.24) is 0 Å². The van der Waals surface area contributed by atoms with Crippen molar-refractivity contribution in [2.45, 2.75) is 58.2 Å². The maximum Gasteiger partial charge on any atom is 0.171 e. The molecule has 0 fully saturated rings. The number of thiocarbonyl (C=S) groups is 1. The van der Waals surface area contributed by atoms with Crippen LogP contribution < -0.4 is 4.57 Å². The summed E-state index contributed by atoms with van der Waals surface area (Å²) >= 11 is 10.4. The highest BCUT2D eigenvalue weighted by atomic mass is 32.1. The summed E-state index contributed by atoms with van der Waals surface area (Å²) in [6.45, 7) is 14.1. The van der Waals surface area contributed by atoms with Crippen molar-refractivity contribution >= 4 is 53.9 Å². The summed E-state index contributed by atoms with van der Waals surface area (Å²) in [5, 5.41) is 2.51. The SMILES string of the molecule is CC(C)[Si](C(C)C)(C(C)C)N(C(=S)S)c1cccc2ccccc12. The van der Waals surface area contributed by atoms with E-state index in [0.717, 1.165) is 0 Å². The highest BCUT2D eigenvalue weighted by molar-refractivity contribution is 8.11. The first-order valence-corrected chi connectivity index (χ1v) is 11.8. The zero-order valence-corrected chi connectivity index (χ0v) is 18.3. The summed E-state index contributed by atoms with van der Waals surface area (Å²) in [5.41, 5.74) is 2.93. The van der Waals surface area contributed by atoms with E-state index in [4.69, 9.17) is 24.8 Å². The molecule has 24 heavy (non-hydrogen) atoms. The average Bonchev–Trinajstić information content (AvgIpc) is 2.50. The molecule has 0 saturated heterocycles. The Morgan fingerprint density at radius 2 is 1.38 bits per heavy atom. The molecule has 2 aromatic rings. The topological polar surface area (TPSA) is 3.24 Å². The molecule has 1 nitrogen and oxygen atoms in total. The Bertz CT molecular complexity index is 697. The minimum atomic E-state index is -1.96. The number of thiol groups is 1. The summed E-state index contributed by atoms with van der Waals surface area (Å²) in [6, 6.07) is 15.1. The first-order chi connectivity index (χ1) is 11.2. The minimum absolute atomic E-state index is 0.571. The van der Waals surface area contributed by atoms with Gasteiger partial charge in [0.2, 0.25) is 0 Å². The van der Waals surface area contributed by atoms with Gasteiger partial charge in [0.25, 0.3) is 0 Å². The zero-order chi connectivity index (χ0) is 18.1. The van der Waals surface area contributed by atoms with Gasteiger partial charge in [0.05, 0.1) is 0 Å². The lowest BCUT2D eigenvalue weighted by Crippen LogP contribution is -2.61. The number of nitrogens with zero attached hydrogens (tertiary/aromatic N) is 1. The van der Waals surface area contributed by atoms with Crippen LogP contribution in [0.3, 0.4) is 0 Å². The van der Waals surface area contributed by atoms with Crippen LogP contribution in [0.15, 0.2) is 42.5 Å². The molecular weight excluding hydrogens is 346 g/mol. The summed E-state index contributed by atoms with van der Waals surface area (Å²) < 4.78 is 3.16. The van der Waals surface area contributed by atoms with Crippen LogP contribution in [0.25, 0.3) is 10.8 Å². The Kier molecular flexibility index (Phi) is 6.16. The Labute approximate surface area is 158 Å². The molecule has 0 atom stereocenters. The van der Waals surface area contributed by atoms with Crippen LogP contribution in [0.4, 0.5) is 5.69 Å². The van der Waals surface area contributed by atoms with Gasteiger partial charge < -0.3 is 4.57 Å². The number of rotatable bonds is 5. The van der Waals surface area contributed by atoms with Crippen LogP contribution in [-0.2, 0) is 0 Å². The fourth-order valence-corrected chi connectivity index (χ4v) is 12.3. The molecular formula is C20H29NS2Si. The maximum atomic E-state index is 5.69. The number of benzene rings is 2. The number of hydrogen-bond donors (Lipinski definition) is 1. The molecule has 130 valence electrons. The third-order valence-electron chi connectivity index (χ3n) is 5.36. The molecule has 0 aliphatic rings. The van der Waals surface area contributed by atoms with E-state index >= 15 is 0 Å². The van der Waals surface area contributed by atoms with Gasteiger partial charge in [-0.2, -0.15) is 0 Å². The van der Waals surface area contributed by atoms with Crippen LogP contribution >= 0.6 is 24.8 Å².